The van der Waals surface area contributed by atoms with Crippen molar-refractivity contribution >= 4 is 23.3 Å². The summed E-state index contributed by atoms with van der Waals surface area (Å²) in [7, 11) is 0. The molecule has 1 saturated carbocycles. The Morgan fingerprint density at radius 1 is 0.938 bits per heavy atom. The standard InChI is InChI=1S/C24H31ClN6O/c25-20-4-1-3-19(17-20)22-7-8-23(27-26-22)30-11-9-28(10-12-30)18-24(32)31-15-13-29(14-16-31)21-5-2-6-21/h1,3-4,7-8,17,21H,2,5-6,9-16,18H2. The first-order chi connectivity index (χ1) is 15.7. The molecule has 8 heteroatoms. The van der Waals surface area contributed by atoms with Gasteiger partial charge in [0, 0.05) is 69.0 Å². The van der Waals surface area contributed by atoms with Crippen LogP contribution in [0.3, 0.4) is 0 Å². The predicted octanol–water partition coefficient (Wildman–Crippen LogP) is 2.62. The van der Waals surface area contributed by atoms with Crippen molar-refractivity contribution < 1.29 is 4.79 Å². The number of hydrogen-bond donors (Lipinski definition) is 0. The third-order valence-corrected chi connectivity index (χ3v) is 7.32. The Balaban J connectivity index is 1.08. The molecule has 3 aliphatic rings. The van der Waals surface area contributed by atoms with Crippen molar-refractivity contribution in [2.24, 2.45) is 0 Å². The summed E-state index contributed by atoms with van der Waals surface area (Å²) in [6, 6.07) is 12.4. The fourth-order valence-corrected chi connectivity index (χ4v) is 5.00. The Morgan fingerprint density at radius 3 is 2.34 bits per heavy atom. The molecule has 2 aromatic rings. The number of nitrogens with zero attached hydrogens (tertiary/aromatic N) is 6. The van der Waals surface area contributed by atoms with Crippen LogP contribution in [0.4, 0.5) is 5.82 Å². The minimum absolute atomic E-state index is 0.275. The van der Waals surface area contributed by atoms with Gasteiger partial charge in [0.1, 0.15) is 0 Å². The molecule has 2 saturated heterocycles. The topological polar surface area (TPSA) is 55.8 Å². The average Bonchev–Trinajstić information content (AvgIpc) is 2.79. The van der Waals surface area contributed by atoms with E-state index in [0.29, 0.717) is 11.6 Å². The van der Waals surface area contributed by atoms with E-state index >= 15 is 0 Å². The summed E-state index contributed by atoms with van der Waals surface area (Å²) in [5.74, 6) is 1.16. The minimum Gasteiger partial charge on any atom is -0.353 e. The Hall–Kier alpha value is -2.22. The maximum atomic E-state index is 12.8. The molecule has 0 unspecified atom stereocenters. The number of carbonyl (C=O) groups excluding carboxylic acids is 1. The highest BCUT2D eigenvalue weighted by Crippen LogP contribution is 2.26. The highest BCUT2D eigenvalue weighted by Gasteiger charge is 2.30. The summed E-state index contributed by atoms with van der Waals surface area (Å²) in [4.78, 5) is 21.9. The quantitative estimate of drug-likeness (QED) is 0.692. The molecule has 1 aromatic carbocycles. The second-order valence-corrected chi connectivity index (χ2v) is 9.49. The third kappa shape index (κ3) is 4.90. The van der Waals surface area contributed by atoms with Gasteiger partial charge in [0.15, 0.2) is 5.82 Å². The Labute approximate surface area is 194 Å². The second-order valence-electron chi connectivity index (χ2n) is 9.05. The number of amides is 1. The molecular formula is C24H31ClN6O. The van der Waals surface area contributed by atoms with Crippen LogP contribution in [0, 0.1) is 0 Å². The maximum absolute atomic E-state index is 12.8. The van der Waals surface area contributed by atoms with Gasteiger partial charge in [-0.05, 0) is 37.1 Å². The maximum Gasteiger partial charge on any atom is 0.236 e. The lowest BCUT2D eigenvalue weighted by molar-refractivity contribution is -0.134. The fourth-order valence-electron chi connectivity index (χ4n) is 4.81. The molecule has 3 fully saturated rings. The van der Waals surface area contributed by atoms with Gasteiger partial charge in [-0.2, -0.15) is 0 Å². The molecule has 0 spiro atoms. The molecule has 2 aliphatic heterocycles. The first kappa shape index (κ1) is 21.6. The highest BCUT2D eigenvalue weighted by molar-refractivity contribution is 6.30. The van der Waals surface area contributed by atoms with Crippen molar-refractivity contribution in [1.82, 2.24) is 24.9 Å². The molecule has 0 N–H and O–H groups in total. The minimum atomic E-state index is 0.275. The highest BCUT2D eigenvalue weighted by atomic mass is 35.5. The van der Waals surface area contributed by atoms with Crippen molar-refractivity contribution in [3.8, 4) is 11.3 Å². The Bertz CT molecular complexity index is 918. The van der Waals surface area contributed by atoms with E-state index in [-0.39, 0.29) is 5.91 Å². The van der Waals surface area contributed by atoms with Crippen LogP contribution in [0.15, 0.2) is 36.4 Å². The van der Waals surface area contributed by atoms with E-state index in [1.54, 1.807) is 0 Å². The summed E-state index contributed by atoms with van der Waals surface area (Å²) >= 11 is 6.08. The van der Waals surface area contributed by atoms with Crippen molar-refractivity contribution in [2.75, 3.05) is 63.8 Å². The first-order valence-electron chi connectivity index (χ1n) is 11.7. The van der Waals surface area contributed by atoms with Gasteiger partial charge in [0.25, 0.3) is 0 Å². The summed E-state index contributed by atoms with van der Waals surface area (Å²) in [5, 5.41) is 9.52. The van der Waals surface area contributed by atoms with Gasteiger partial charge < -0.3 is 9.80 Å². The van der Waals surface area contributed by atoms with E-state index in [0.717, 1.165) is 75.5 Å². The molecule has 0 bridgehead atoms. The first-order valence-corrected chi connectivity index (χ1v) is 12.1. The summed E-state index contributed by atoms with van der Waals surface area (Å²) in [6.45, 7) is 7.80. The van der Waals surface area contributed by atoms with E-state index < -0.39 is 0 Å². The van der Waals surface area contributed by atoms with Crippen LogP contribution in [0.5, 0.6) is 0 Å². The van der Waals surface area contributed by atoms with Crippen LogP contribution < -0.4 is 4.90 Å². The largest absolute Gasteiger partial charge is 0.353 e. The van der Waals surface area contributed by atoms with Gasteiger partial charge in [0.05, 0.1) is 12.2 Å². The van der Waals surface area contributed by atoms with Gasteiger partial charge in [-0.1, -0.05) is 30.2 Å². The van der Waals surface area contributed by atoms with Gasteiger partial charge in [0.2, 0.25) is 5.91 Å². The molecule has 3 heterocycles. The van der Waals surface area contributed by atoms with Crippen molar-refractivity contribution in [2.45, 2.75) is 25.3 Å². The molecular weight excluding hydrogens is 424 g/mol. The van der Waals surface area contributed by atoms with Gasteiger partial charge in [-0.3, -0.25) is 14.6 Å². The van der Waals surface area contributed by atoms with Crippen molar-refractivity contribution in [1.29, 1.82) is 0 Å². The SMILES string of the molecule is O=C(CN1CCN(c2ccc(-c3cccc(Cl)c3)nn2)CC1)N1CCN(C2CCC2)CC1. The molecule has 7 nitrogen and oxygen atoms in total. The molecule has 0 atom stereocenters. The number of hydrogen-bond acceptors (Lipinski definition) is 6. The molecule has 1 aliphatic carbocycles. The lowest BCUT2D eigenvalue weighted by Gasteiger charge is -2.43. The second kappa shape index (κ2) is 9.73. The third-order valence-electron chi connectivity index (χ3n) is 7.08. The predicted molar refractivity (Wildman–Crippen MR) is 127 cm³/mol. The molecule has 5 rings (SSSR count). The van der Waals surface area contributed by atoms with Crippen LogP contribution in [0.25, 0.3) is 11.3 Å². The Morgan fingerprint density at radius 2 is 1.72 bits per heavy atom. The zero-order valence-corrected chi connectivity index (χ0v) is 19.3. The summed E-state index contributed by atoms with van der Waals surface area (Å²) in [5.41, 5.74) is 1.78. The van der Waals surface area contributed by atoms with Gasteiger partial charge in [-0.25, -0.2) is 0 Å². The van der Waals surface area contributed by atoms with Crippen LogP contribution in [-0.2, 0) is 4.79 Å². The van der Waals surface area contributed by atoms with E-state index in [1.807, 2.05) is 36.4 Å². The van der Waals surface area contributed by atoms with E-state index in [9.17, 15) is 4.79 Å². The Kier molecular flexibility index (Phi) is 6.57. The molecule has 1 amide bonds. The number of anilines is 1. The monoisotopic (exact) mass is 454 g/mol. The van der Waals surface area contributed by atoms with Gasteiger partial charge in [-0.15, -0.1) is 10.2 Å². The molecule has 32 heavy (non-hydrogen) atoms. The van der Waals surface area contributed by atoms with Crippen LogP contribution in [0.2, 0.25) is 5.02 Å². The summed E-state index contributed by atoms with van der Waals surface area (Å²) in [6.07, 6.45) is 4.05. The van der Waals surface area contributed by atoms with E-state index in [2.05, 4.69) is 29.8 Å². The molecule has 0 radical (unpaired) electrons. The van der Waals surface area contributed by atoms with Crippen LogP contribution in [0.1, 0.15) is 19.3 Å². The van der Waals surface area contributed by atoms with Crippen molar-refractivity contribution in [3.05, 3.63) is 41.4 Å². The number of aromatic nitrogens is 2. The number of rotatable bonds is 5. The zero-order valence-electron chi connectivity index (χ0n) is 18.5. The number of carbonyl (C=O) groups is 1. The number of piperazine rings is 2. The normalized spacial score (nSPS) is 20.9. The number of benzene rings is 1. The zero-order chi connectivity index (χ0) is 21.9. The summed E-state index contributed by atoms with van der Waals surface area (Å²) < 4.78 is 0. The fraction of sp³-hybridized carbons (Fsp3) is 0.542. The smallest absolute Gasteiger partial charge is 0.236 e. The van der Waals surface area contributed by atoms with Crippen molar-refractivity contribution in [3.63, 3.8) is 0 Å². The average molecular weight is 455 g/mol. The molecule has 1 aromatic heterocycles. The van der Waals surface area contributed by atoms with E-state index in [1.165, 1.54) is 19.3 Å². The molecule has 170 valence electrons. The lowest BCUT2D eigenvalue weighted by atomic mass is 9.91. The van der Waals surface area contributed by atoms with Crippen LogP contribution >= 0.6 is 11.6 Å². The van der Waals surface area contributed by atoms with Gasteiger partial charge >= 0.3 is 0 Å². The van der Waals surface area contributed by atoms with E-state index in [4.69, 9.17) is 11.6 Å². The van der Waals surface area contributed by atoms with Crippen LogP contribution in [-0.4, -0.2) is 95.7 Å². The number of halogens is 1. The lowest BCUT2D eigenvalue weighted by Crippen LogP contribution is -2.56.